The zero-order chi connectivity index (χ0) is 22.5. The molecular weight excluding hydrogens is 430 g/mol. The van der Waals surface area contributed by atoms with Crippen molar-refractivity contribution in [3.05, 3.63) is 34.9 Å². The number of nitrogens with zero attached hydrogens (tertiary/aromatic N) is 5. The summed E-state index contributed by atoms with van der Waals surface area (Å²) in [6, 6.07) is 7.50. The summed E-state index contributed by atoms with van der Waals surface area (Å²) < 4.78 is 5.06. The van der Waals surface area contributed by atoms with Crippen LogP contribution in [0.25, 0.3) is 0 Å². The normalized spacial score (nSPS) is 24.1. The first-order chi connectivity index (χ1) is 15.6. The zero-order valence-corrected chi connectivity index (χ0v) is 19.2. The summed E-state index contributed by atoms with van der Waals surface area (Å²) in [5.74, 6) is 1.11. The number of likely N-dealkylation sites (tertiary alicyclic amines) is 1. The molecule has 0 saturated carbocycles. The van der Waals surface area contributed by atoms with Crippen molar-refractivity contribution >= 4 is 35.7 Å². The van der Waals surface area contributed by atoms with E-state index in [0.29, 0.717) is 31.2 Å². The van der Waals surface area contributed by atoms with Crippen molar-refractivity contribution in [1.82, 2.24) is 14.7 Å². The lowest BCUT2D eigenvalue weighted by Gasteiger charge is -2.37. The minimum absolute atomic E-state index is 0.0401. The highest BCUT2D eigenvalue weighted by atomic mass is 35.5. The molecule has 0 aromatic heterocycles. The maximum absolute atomic E-state index is 13.3. The second-order valence-electron chi connectivity index (χ2n) is 8.48. The summed E-state index contributed by atoms with van der Waals surface area (Å²) in [5, 5.41) is 8.94. The van der Waals surface area contributed by atoms with Crippen molar-refractivity contribution in [3.8, 4) is 0 Å². The topological polar surface area (TPSA) is 77.8 Å². The molecule has 0 radical (unpaired) electrons. The average Bonchev–Trinajstić information content (AvgIpc) is 3.30. The van der Waals surface area contributed by atoms with E-state index < -0.39 is 0 Å². The first kappa shape index (κ1) is 22.6. The number of methoxy groups -OCH3 is 1. The van der Waals surface area contributed by atoms with Gasteiger partial charge < -0.3 is 14.5 Å². The third-order valence-electron chi connectivity index (χ3n) is 6.52. The van der Waals surface area contributed by atoms with Crippen LogP contribution in [0.1, 0.15) is 43.7 Å². The number of benzene rings is 1. The lowest BCUT2D eigenvalue weighted by molar-refractivity contribution is -0.135. The van der Waals surface area contributed by atoms with Gasteiger partial charge in [0.05, 0.1) is 19.1 Å². The van der Waals surface area contributed by atoms with Crippen LogP contribution >= 0.6 is 11.6 Å². The van der Waals surface area contributed by atoms with Crippen LogP contribution in [0.3, 0.4) is 0 Å². The molecule has 2 saturated heterocycles. The average molecular weight is 460 g/mol. The van der Waals surface area contributed by atoms with Crippen molar-refractivity contribution in [1.29, 1.82) is 0 Å². The molecule has 1 aromatic rings. The van der Waals surface area contributed by atoms with E-state index in [2.05, 4.69) is 15.1 Å². The smallest absolute Gasteiger partial charge is 0.410 e. The summed E-state index contributed by atoms with van der Waals surface area (Å²) in [5.41, 5.74) is 1.03. The Morgan fingerprint density at radius 2 is 1.91 bits per heavy atom. The second kappa shape index (κ2) is 10.3. The monoisotopic (exact) mass is 459 g/mol. The van der Waals surface area contributed by atoms with E-state index in [0.717, 1.165) is 50.0 Å². The predicted molar refractivity (Wildman–Crippen MR) is 124 cm³/mol. The van der Waals surface area contributed by atoms with Crippen molar-refractivity contribution in [2.75, 3.05) is 39.8 Å². The highest BCUT2D eigenvalue weighted by Gasteiger charge is 2.35. The van der Waals surface area contributed by atoms with Crippen LogP contribution in [0.2, 0.25) is 5.02 Å². The van der Waals surface area contributed by atoms with Gasteiger partial charge in [-0.3, -0.25) is 9.69 Å². The van der Waals surface area contributed by atoms with Gasteiger partial charge in [0.25, 0.3) is 0 Å². The van der Waals surface area contributed by atoms with Crippen molar-refractivity contribution in [2.45, 2.75) is 38.1 Å². The van der Waals surface area contributed by atoms with Gasteiger partial charge in [-0.05, 0) is 43.4 Å². The van der Waals surface area contributed by atoms with Crippen molar-refractivity contribution < 1.29 is 14.3 Å². The van der Waals surface area contributed by atoms with E-state index in [9.17, 15) is 9.59 Å². The first-order valence-corrected chi connectivity index (χ1v) is 11.7. The Bertz CT molecular complexity index is 888. The van der Waals surface area contributed by atoms with Gasteiger partial charge in [0.2, 0.25) is 5.91 Å². The van der Waals surface area contributed by atoms with E-state index in [-0.39, 0.29) is 24.0 Å². The first-order valence-electron chi connectivity index (χ1n) is 11.3. The number of halogens is 1. The summed E-state index contributed by atoms with van der Waals surface area (Å²) in [4.78, 5) is 31.7. The fourth-order valence-corrected chi connectivity index (χ4v) is 4.93. The van der Waals surface area contributed by atoms with Crippen LogP contribution in [-0.4, -0.2) is 78.6 Å². The molecule has 0 N–H and O–H groups in total. The van der Waals surface area contributed by atoms with Crippen molar-refractivity contribution in [3.63, 3.8) is 0 Å². The Morgan fingerprint density at radius 3 is 2.62 bits per heavy atom. The van der Waals surface area contributed by atoms with Crippen LogP contribution < -0.4 is 0 Å². The van der Waals surface area contributed by atoms with Gasteiger partial charge in [-0.2, -0.15) is 5.10 Å². The molecule has 172 valence electrons. The Labute approximate surface area is 193 Å². The molecule has 0 bridgehead atoms. The SMILES string of the molecule is COC(=O)N1CCN(C(=O)C2CCN(C3=NN=CCC3)C2)CCCC1c1ccc(Cl)cc1. The standard InChI is InChI=1S/C23H30ClN5O3/c1-32-23(31)29-15-14-27(12-3-4-20(29)17-6-8-19(24)9-7-17)22(30)18-10-13-28(16-18)21-5-2-11-25-26-21/h6-9,11,18,20H,2-5,10,12-16H2,1H3. The number of amides is 2. The van der Waals surface area contributed by atoms with E-state index in [1.165, 1.54) is 7.11 Å². The molecular formula is C23H30ClN5O3. The molecule has 3 heterocycles. The Balaban J connectivity index is 1.41. The highest BCUT2D eigenvalue weighted by Crippen LogP contribution is 2.30. The number of hydrogen-bond donors (Lipinski definition) is 0. The van der Waals surface area contributed by atoms with Crippen molar-refractivity contribution in [2.24, 2.45) is 16.1 Å². The molecule has 9 heteroatoms. The molecule has 2 fully saturated rings. The molecule has 1 aromatic carbocycles. The Morgan fingerprint density at radius 1 is 1.09 bits per heavy atom. The van der Waals surface area contributed by atoms with Gasteiger partial charge in [0.1, 0.15) is 5.84 Å². The van der Waals surface area contributed by atoms with Gasteiger partial charge in [0, 0.05) is 50.4 Å². The van der Waals surface area contributed by atoms with Gasteiger partial charge >= 0.3 is 6.09 Å². The number of carbonyl (C=O) groups excluding carboxylic acids is 2. The molecule has 2 amide bonds. The second-order valence-corrected chi connectivity index (χ2v) is 8.92. The van der Waals surface area contributed by atoms with Crippen LogP contribution in [0.15, 0.2) is 34.5 Å². The number of rotatable bonds is 2. The Kier molecular flexibility index (Phi) is 7.29. The van der Waals surface area contributed by atoms with E-state index in [1.807, 2.05) is 35.4 Å². The quantitative estimate of drug-likeness (QED) is 0.677. The maximum Gasteiger partial charge on any atom is 0.410 e. The van der Waals surface area contributed by atoms with Crippen LogP contribution in [0, 0.1) is 5.92 Å². The molecule has 0 aliphatic carbocycles. The lowest BCUT2D eigenvalue weighted by Crippen LogP contribution is -2.47. The van der Waals surface area contributed by atoms with Crippen LogP contribution in [-0.2, 0) is 9.53 Å². The van der Waals surface area contributed by atoms with Gasteiger partial charge in [-0.1, -0.05) is 23.7 Å². The summed E-state index contributed by atoms with van der Waals surface area (Å²) in [6.07, 6.45) is 5.63. The summed E-state index contributed by atoms with van der Waals surface area (Å²) in [6.45, 7) is 3.16. The molecule has 0 spiro atoms. The van der Waals surface area contributed by atoms with Crippen LogP contribution in [0.4, 0.5) is 4.79 Å². The highest BCUT2D eigenvalue weighted by molar-refractivity contribution is 6.30. The number of ether oxygens (including phenoxy) is 1. The third-order valence-corrected chi connectivity index (χ3v) is 6.77. The minimum Gasteiger partial charge on any atom is -0.453 e. The Hall–Kier alpha value is -2.61. The van der Waals surface area contributed by atoms with Gasteiger partial charge in [-0.25, -0.2) is 4.79 Å². The zero-order valence-electron chi connectivity index (χ0n) is 18.5. The van der Waals surface area contributed by atoms with E-state index >= 15 is 0 Å². The molecule has 32 heavy (non-hydrogen) atoms. The van der Waals surface area contributed by atoms with Crippen LogP contribution in [0.5, 0.6) is 0 Å². The fraction of sp³-hybridized carbons (Fsp3) is 0.565. The fourth-order valence-electron chi connectivity index (χ4n) is 4.80. The maximum atomic E-state index is 13.3. The van der Waals surface area contributed by atoms with E-state index in [1.54, 1.807) is 4.90 Å². The molecule has 4 rings (SSSR count). The summed E-state index contributed by atoms with van der Waals surface area (Å²) >= 11 is 6.04. The molecule has 2 unspecified atom stereocenters. The number of carbonyl (C=O) groups is 2. The molecule has 8 nitrogen and oxygen atoms in total. The van der Waals surface area contributed by atoms with Gasteiger partial charge in [0.15, 0.2) is 0 Å². The lowest BCUT2D eigenvalue weighted by atomic mass is 9.98. The molecule has 3 aliphatic heterocycles. The molecule has 3 aliphatic rings. The predicted octanol–water partition coefficient (Wildman–Crippen LogP) is 3.57. The number of amidine groups is 1. The summed E-state index contributed by atoms with van der Waals surface area (Å²) in [7, 11) is 1.40. The molecule has 2 atom stereocenters. The largest absolute Gasteiger partial charge is 0.453 e. The van der Waals surface area contributed by atoms with Gasteiger partial charge in [-0.15, -0.1) is 5.10 Å². The third kappa shape index (κ3) is 5.06. The van der Waals surface area contributed by atoms with E-state index in [4.69, 9.17) is 16.3 Å². The number of hydrogen-bond acceptors (Lipinski definition) is 6. The minimum atomic E-state index is -0.373.